The maximum Gasteiger partial charge on any atom is 0.311 e. The fourth-order valence-electron chi connectivity index (χ4n) is 9.64. The molecule has 0 aliphatic carbocycles. The van der Waals surface area contributed by atoms with Crippen molar-refractivity contribution in [1.82, 2.24) is 15.4 Å². The van der Waals surface area contributed by atoms with Crippen molar-refractivity contribution in [3.8, 4) is 0 Å². The third-order valence-corrected chi connectivity index (χ3v) is 13.9. The van der Waals surface area contributed by atoms with Crippen LogP contribution in [0.4, 0.5) is 0 Å². The molecule has 0 bridgehead atoms. The lowest BCUT2D eigenvalue weighted by atomic mass is 9.74. The number of rotatable bonds is 16. The Hall–Kier alpha value is -3.13. The number of amides is 1. The van der Waals surface area contributed by atoms with E-state index in [9.17, 15) is 34.8 Å². The topological polar surface area (TPSA) is 233 Å². The minimum absolute atomic E-state index is 0.0670. The highest BCUT2D eigenvalue weighted by atomic mass is 16.7. The summed E-state index contributed by atoms with van der Waals surface area (Å²) in [4.78, 5) is 40.7. The summed E-state index contributed by atoms with van der Waals surface area (Å²) in [6.45, 7) is 15.3. The van der Waals surface area contributed by atoms with Gasteiger partial charge < -0.3 is 39.4 Å². The summed E-state index contributed by atoms with van der Waals surface area (Å²) in [5.41, 5.74) is 0.540. The quantitative estimate of drug-likeness (QED) is 0.0574. The standard InChI is InChI=1S/C46H77N5O12/c1-11-36-46(8,58)41(56)29(4)38(53)27(2)24-45(7,60-10)42(30(5)39(54)31(6)43(57)62-36)63-44-40(55)35(23-28(3)61-44)50(9)25-32-18-20-33(21-19-32)34-26-51(49-47-34)22-16-14-12-13-15-17-37(52)48-59/h18-21,27-31,34-36,39-42,44,54-56,58-59H,11-17,22-26H2,1-10H3,(H,48,52)/t27-,28-,29+,30+,31-,34?,35+,36-,39+,40-,41-,42-,44+,45-,46-/m1/s1. The highest BCUT2D eigenvalue weighted by Gasteiger charge is 2.52. The van der Waals surface area contributed by atoms with Crippen LogP contribution in [-0.4, -0.2) is 141 Å². The molecule has 15 atom stereocenters. The summed E-state index contributed by atoms with van der Waals surface area (Å²) >= 11 is 0. The van der Waals surface area contributed by atoms with Gasteiger partial charge in [-0.1, -0.05) is 76.4 Å². The van der Waals surface area contributed by atoms with Gasteiger partial charge in [-0.15, -0.1) is 0 Å². The third kappa shape index (κ3) is 13.3. The van der Waals surface area contributed by atoms with E-state index in [2.05, 4.69) is 39.5 Å². The zero-order valence-electron chi connectivity index (χ0n) is 39.2. The summed E-state index contributed by atoms with van der Waals surface area (Å²) in [6.07, 6.45) is -1.91. The molecule has 1 aromatic rings. The molecule has 1 aromatic carbocycles. The van der Waals surface area contributed by atoms with E-state index >= 15 is 0 Å². The number of ether oxygens (including phenoxy) is 4. The molecular weight excluding hydrogens is 815 g/mol. The number of hydroxylamine groups is 1. The minimum atomic E-state index is -1.95. The van der Waals surface area contributed by atoms with Gasteiger partial charge in [0.1, 0.15) is 29.6 Å². The molecule has 63 heavy (non-hydrogen) atoms. The van der Waals surface area contributed by atoms with Crippen LogP contribution in [-0.2, 0) is 39.9 Å². The zero-order chi connectivity index (χ0) is 46.8. The molecule has 1 unspecified atom stereocenters. The smallest absolute Gasteiger partial charge is 0.311 e. The Balaban J connectivity index is 1.45. The molecule has 0 spiro atoms. The van der Waals surface area contributed by atoms with Crippen LogP contribution in [0.25, 0.3) is 0 Å². The predicted molar refractivity (Wildman–Crippen MR) is 233 cm³/mol. The van der Waals surface area contributed by atoms with Crippen molar-refractivity contribution >= 4 is 17.7 Å². The number of esters is 1. The van der Waals surface area contributed by atoms with Gasteiger partial charge in [0.05, 0.1) is 42.5 Å². The molecule has 0 radical (unpaired) electrons. The molecule has 2 saturated heterocycles. The number of nitrogens with one attached hydrogen (secondary N) is 1. The zero-order valence-corrected chi connectivity index (χ0v) is 39.2. The molecule has 0 aromatic heterocycles. The largest absolute Gasteiger partial charge is 0.459 e. The van der Waals surface area contributed by atoms with Crippen molar-refractivity contribution in [1.29, 1.82) is 0 Å². The van der Waals surface area contributed by atoms with Gasteiger partial charge in [0.25, 0.3) is 0 Å². The van der Waals surface area contributed by atoms with Gasteiger partial charge >= 0.3 is 5.97 Å². The van der Waals surface area contributed by atoms with E-state index in [0.29, 0.717) is 25.9 Å². The van der Waals surface area contributed by atoms with Crippen LogP contribution in [0.5, 0.6) is 0 Å². The van der Waals surface area contributed by atoms with E-state index < -0.39 is 83.7 Å². The van der Waals surface area contributed by atoms with Gasteiger partial charge in [-0.3, -0.25) is 29.5 Å². The summed E-state index contributed by atoms with van der Waals surface area (Å²) < 4.78 is 24.9. The van der Waals surface area contributed by atoms with Crippen LogP contribution in [0.15, 0.2) is 34.6 Å². The number of cyclic esters (lactones) is 1. The number of nitrogens with zero attached hydrogens (tertiary/aromatic N) is 4. The van der Waals surface area contributed by atoms with Crippen LogP contribution >= 0.6 is 0 Å². The maximum atomic E-state index is 13.9. The molecular formula is C46H77N5O12. The minimum Gasteiger partial charge on any atom is -0.459 e. The number of unbranched alkanes of at least 4 members (excludes halogenated alkanes) is 4. The summed E-state index contributed by atoms with van der Waals surface area (Å²) in [6, 6.07) is 7.79. The first kappa shape index (κ1) is 52.5. The Kier molecular flexibility index (Phi) is 19.5. The molecule has 0 saturated carbocycles. The fourth-order valence-corrected chi connectivity index (χ4v) is 9.64. The number of ketones is 1. The Morgan fingerprint density at radius 1 is 0.984 bits per heavy atom. The molecule has 17 heteroatoms. The van der Waals surface area contributed by atoms with E-state index in [1.807, 2.05) is 19.0 Å². The summed E-state index contributed by atoms with van der Waals surface area (Å²) in [5, 5.41) is 66.1. The number of benzene rings is 1. The van der Waals surface area contributed by atoms with Gasteiger partial charge in [-0.25, -0.2) is 5.48 Å². The van der Waals surface area contributed by atoms with Crippen LogP contribution in [0.1, 0.15) is 130 Å². The average molecular weight is 892 g/mol. The predicted octanol–water partition coefficient (Wildman–Crippen LogP) is 4.65. The average Bonchev–Trinajstić information content (AvgIpc) is 3.74. The van der Waals surface area contributed by atoms with Gasteiger partial charge in [-0.05, 0) is 78.0 Å². The number of Topliss-reactive ketones (excluding diaryl/α,β-unsaturated/α-hetero) is 1. The molecule has 3 heterocycles. The number of aliphatic hydroxyl groups is 4. The van der Waals surface area contributed by atoms with Gasteiger partial charge in [0, 0.05) is 50.4 Å². The monoisotopic (exact) mass is 892 g/mol. The highest BCUT2D eigenvalue weighted by Crippen LogP contribution is 2.39. The van der Waals surface area contributed by atoms with Crippen LogP contribution in [0, 0.1) is 23.7 Å². The Morgan fingerprint density at radius 2 is 1.63 bits per heavy atom. The lowest BCUT2D eigenvalue weighted by Gasteiger charge is -2.48. The van der Waals surface area contributed by atoms with Crippen LogP contribution in [0.3, 0.4) is 0 Å². The molecule has 17 nitrogen and oxygen atoms in total. The summed E-state index contributed by atoms with van der Waals surface area (Å²) in [5.74, 6) is -5.10. The SMILES string of the molecule is CC[C@H]1OC(=O)[C@H](C)[C@@H](O)[C@H](C)[C@@H](O[C@@H]2O[C@H](C)C[C@H](N(C)Cc3ccc(C4CN(CCCCCCCC(=O)NO)N=N4)cc3)[C@H]2O)[C@](C)(OC)C[C@@H](C)C(=O)[C@H](C)[C@@H](O)[C@]1(C)O. The van der Waals surface area contributed by atoms with Crippen molar-refractivity contribution in [3.05, 3.63) is 35.4 Å². The third-order valence-electron chi connectivity index (χ3n) is 13.9. The van der Waals surface area contributed by atoms with Crippen molar-refractivity contribution in [2.24, 2.45) is 34.0 Å². The normalized spacial score (nSPS) is 37.2. The molecule has 1 amide bonds. The molecule has 3 aliphatic rings. The van der Waals surface area contributed by atoms with Crippen molar-refractivity contribution in [2.75, 3.05) is 27.2 Å². The Labute approximate surface area is 373 Å². The number of hydrogen-bond acceptors (Lipinski definition) is 16. The lowest BCUT2D eigenvalue weighted by Crippen LogP contribution is -2.60. The van der Waals surface area contributed by atoms with Crippen LogP contribution in [0.2, 0.25) is 0 Å². The lowest BCUT2D eigenvalue weighted by molar-refractivity contribution is -0.302. The van der Waals surface area contributed by atoms with Gasteiger partial charge in [0.2, 0.25) is 5.91 Å². The van der Waals surface area contributed by atoms with Crippen LogP contribution < -0.4 is 5.48 Å². The number of hydrogen-bond donors (Lipinski definition) is 6. The number of likely N-dealkylation sites (N-methyl/N-ethyl adjacent to an activating group) is 1. The second kappa shape index (κ2) is 23.4. The number of methoxy groups -OCH3 is 1. The Bertz CT molecular complexity index is 1650. The maximum absolute atomic E-state index is 13.9. The summed E-state index contributed by atoms with van der Waals surface area (Å²) in [7, 11) is 3.42. The van der Waals surface area contributed by atoms with E-state index in [1.165, 1.54) is 21.0 Å². The van der Waals surface area contributed by atoms with Crippen molar-refractivity contribution < 1.29 is 59.0 Å². The number of carbonyl (C=O) groups excluding carboxylic acids is 3. The highest BCUT2D eigenvalue weighted by molar-refractivity contribution is 5.83. The number of aliphatic hydroxyl groups excluding tert-OH is 3. The first-order chi connectivity index (χ1) is 29.7. The first-order valence-electron chi connectivity index (χ1n) is 22.9. The Morgan fingerprint density at radius 3 is 2.27 bits per heavy atom. The molecule has 358 valence electrons. The second-order valence-electron chi connectivity index (χ2n) is 19.0. The van der Waals surface area contributed by atoms with Crippen molar-refractivity contribution in [3.63, 3.8) is 0 Å². The molecule has 3 aliphatic heterocycles. The van der Waals surface area contributed by atoms with E-state index in [1.54, 1.807) is 40.1 Å². The number of carbonyl (C=O) groups is 3. The molecule has 4 rings (SSSR count). The van der Waals surface area contributed by atoms with Crippen molar-refractivity contribution in [2.45, 2.75) is 186 Å². The molecule has 6 N–H and O–H groups in total. The molecule has 2 fully saturated rings. The van der Waals surface area contributed by atoms with E-state index in [0.717, 1.165) is 49.8 Å². The second-order valence-corrected chi connectivity index (χ2v) is 19.0. The van der Waals surface area contributed by atoms with Gasteiger partial charge in [0.15, 0.2) is 6.29 Å². The van der Waals surface area contributed by atoms with E-state index in [-0.39, 0.29) is 36.7 Å². The fraction of sp³-hybridized carbons (Fsp3) is 0.804. The first-order valence-corrected chi connectivity index (χ1v) is 22.9. The van der Waals surface area contributed by atoms with E-state index in [4.69, 9.17) is 24.2 Å². The van der Waals surface area contributed by atoms with Gasteiger partial charge in [-0.2, -0.15) is 5.11 Å².